The zero-order chi connectivity index (χ0) is 21.3. The Kier molecular flexibility index (Phi) is 5.78. The zero-order valence-corrected chi connectivity index (χ0v) is 16.0. The van der Waals surface area contributed by atoms with Gasteiger partial charge in [-0.25, -0.2) is 4.39 Å². The predicted molar refractivity (Wildman–Crippen MR) is 102 cm³/mol. The van der Waals surface area contributed by atoms with E-state index in [4.69, 9.17) is 11.6 Å². The molecule has 0 saturated heterocycles. The number of hydrazone groups is 1. The molecule has 0 bridgehead atoms. The first-order valence-electron chi connectivity index (χ1n) is 8.35. The van der Waals surface area contributed by atoms with Gasteiger partial charge < -0.3 is 9.64 Å². The highest BCUT2D eigenvalue weighted by molar-refractivity contribution is 6.31. The van der Waals surface area contributed by atoms with Crippen molar-refractivity contribution in [2.45, 2.75) is 13.5 Å². The minimum atomic E-state index is -2.97. The van der Waals surface area contributed by atoms with E-state index < -0.39 is 30.2 Å². The van der Waals surface area contributed by atoms with Gasteiger partial charge in [-0.1, -0.05) is 11.6 Å². The summed E-state index contributed by atoms with van der Waals surface area (Å²) in [5.41, 5.74) is 0.706. The second-order valence-electron chi connectivity index (χ2n) is 6.22. The number of rotatable bonds is 5. The van der Waals surface area contributed by atoms with Crippen LogP contribution in [0.1, 0.15) is 6.92 Å². The molecule has 29 heavy (non-hydrogen) atoms. The van der Waals surface area contributed by atoms with E-state index in [0.717, 1.165) is 22.0 Å². The second-order valence-corrected chi connectivity index (χ2v) is 6.66. The van der Waals surface area contributed by atoms with Crippen LogP contribution in [0.15, 0.2) is 47.6 Å². The Balaban J connectivity index is 1.81. The largest absolute Gasteiger partial charge is 0.435 e. The first kappa shape index (κ1) is 20.7. The van der Waals surface area contributed by atoms with Gasteiger partial charge in [0.15, 0.2) is 5.92 Å². The third kappa shape index (κ3) is 4.34. The Labute approximate surface area is 169 Å². The van der Waals surface area contributed by atoms with Crippen molar-refractivity contribution in [1.29, 1.82) is 0 Å². The molecule has 1 unspecified atom stereocenters. The van der Waals surface area contributed by atoms with E-state index in [-0.39, 0.29) is 27.9 Å². The van der Waals surface area contributed by atoms with Gasteiger partial charge in [0, 0.05) is 17.8 Å². The zero-order valence-electron chi connectivity index (χ0n) is 15.3. The van der Waals surface area contributed by atoms with Gasteiger partial charge in [0.05, 0.1) is 11.4 Å². The summed E-state index contributed by atoms with van der Waals surface area (Å²) in [6.45, 7) is -1.45. The second kappa shape index (κ2) is 8.12. The summed E-state index contributed by atoms with van der Waals surface area (Å²) in [6.07, 6.45) is 0. The number of halogens is 4. The van der Waals surface area contributed by atoms with Crippen molar-refractivity contribution in [1.82, 2.24) is 0 Å². The molecule has 2 aromatic rings. The Morgan fingerprint density at radius 2 is 1.90 bits per heavy atom. The molecule has 0 saturated carbocycles. The highest BCUT2D eigenvalue weighted by Crippen LogP contribution is 2.29. The molecule has 10 heteroatoms. The Bertz CT molecular complexity index is 962. The molecule has 1 heterocycles. The Hall–Kier alpha value is -3.07. The molecular weight excluding hydrogens is 411 g/mol. The number of anilines is 2. The fraction of sp³-hybridized carbons (Fsp3) is 0.211. The molecule has 0 N–H and O–H groups in total. The number of carbonyl (C=O) groups is 2. The fourth-order valence-electron chi connectivity index (χ4n) is 2.86. The predicted octanol–water partition coefficient (Wildman–Crippen LogP) is 4.08. The van der Waals surface area contributed by atoms with E-state index in [2.05, 4.69) is 9.84 Å². The van der Waals surface area contributed by atoms with Gasteiger partial charge in [0.1, 0.15) is 11.6 Å². The maximum absolute atomic E-state index is 13.6. The molecule has 0 spiro atoms. The smallest absolute Gasteiger partial charge is 0.387 e. The van der Waals surface area contributed by atoms with E-state index >= 15 is 0 Å². The first-order chi connectivity index (χ1) is 13.7. The lowest BCUT2D eigenvalue weighted by Gasteiger charge is -2.21. The molecule has 2 amide bonds. The van der Waals surface area contributed by atoms with E-state index in [1.807, 2.05) is 0 Å². The van der Waals surface area contributed by atoms with E-state index in [1.54, 1.807) is 0 Å². The summed E-state index contributed by atoms with van der Waals surface area (Å²) < 4.78 is 42.4. The number of nitrogens with zero attached hydrogens (tertiary/aromatic N) is 3. The molecule has 0 aliphatic carbocycles. The van der Waals surface area contributed by atoms with Gasteiger partial charge in [0.2, 0.25) is 5.91 Å². The average Bonchev–Trinajstić information content (AvgIpc) is 2.94. The lowest BCUT2D eigenvalue weighted by molar-refractivity contribution is -0.128. The molecular formula is C19H15ClF3N3O3. The van der Waals surface area contributed by atoms with Gasteiger partial charge in [-0.05, 0) is 49.4 Å². The molecule has 1 aliphatic heterocycles. The summed E-state index contributed by atoms with van der Waals surface area (Å²) in [5, 5.41) is 5.23. The van der Waals surface area contributed by atoms with Crippen molar-refractivity contribution in [2.24, 2.45) is 11.0 Å². The van der Waals surface area contributed by atoms with Crippen molar-refractivity contribution < 1.29 is 27.5 Å². The summed E-state index contributed by atoms with van der Waals surface area (Å²) >= 11 is 5.83. The highest BCUT2D eigenvalue weighted by Gasteiger charge is 2.41. The molecule has 0 radical (unpaired) electrons. The molecule has 6 nitrogen and oxygen atoms in total. The molecule has 0 aromatic heterocycles. The first-order valence-corrected chi connectivity index (χ1v) is 8.73. The Morgan fingerprint density at radius 3 is 2.48 bits per heavy atom. The van der Waals surface area contributed by atoms with E-state index in [1.165, 1.54) is 44.3 Å². The summed E-state index contributed by atoms with van der Waals surface area (Å²) in [4.78, 5) is 26.8. The summed E-state index contributed by atoms with van der Waals surface area (Å²) in [5.74, 6) is -3.14. The van der Waals surface area contributed by atoms with Crippen molar-refractivity contribution >= 4 is 40.5 Å². The van der Waals surface area contributed by atoms with Gasteiger partial charge in [-0.2, -0.15) is 18.9 Å². The number of alkyl halides is 2. The van der Waals surface area contributed by atoms with Crippen molar-refractivity contribution in [2.75, 3.05) is 17.0 Å². The minimum Gasteiger partial charge on any atom is -0.435 e. The number of hydrogen-bond donors (Lipinski definition) is 0. The summed E-state index contributed by atoms with van der Waals surface area (Å²) in [6, 6.07) is 8.87. The minimum absolute atomic E-state index is 0.0774. The number of benzene rings is 2. The molecule has 152 valence electrons. The molecule has 1 aliphatic rings. The van der Waals surface area contributed by atoms with Gasteiger partial charge in [-0.3, -0.25) is 9.59 Å². The van der Waals surface area contributed by atoms with Crippen LogP contribution in [0.3, 0.4) is 0 Å². The van der Waals surface area contributed by atoms with Crippen LogP contribution in [-0.2, 0) is 9.59 Å². The fourth-order valence-corrected chi connectivity index (χ4v) is 3.07. The maximum Gasteiger partial charge on any atom is 0.387 e. The average molecular weight is 426 g/mol. The molecule has 3 rings (SSSR count). The number of carbonyl (C=O) groups excluding carboxylic acids is 2. The van der Waals surface area contributed by atoms with Crippen molar-refractivity contribution in [3.63, 3.8) is 0 Å². The standard InChI is InChI=1S/C19H15ClF3N3O3/c1-10-16(17(27)25(2)14-8-11(20)7-12(21)9-14)18(28)26(24-10)13-3-5-15(6-4-13)29-19(22)23/h3-9,16,19H,1-2H3. The number of amides is 2. The molecule has 2 aromatic carbocycles. The number of ether oxygens (including phenoxy) is 1. The lowest BCUT2D eigenvalue weighted by atomic mass is 10.0. The van der Waals surface area contributed by atoms with Crippen LogP contribution in [0.2, 0.25) is 5.02 Å². The summed E-state index contributed by atoms with van der Waals surface area (Å²) in [7, 11) is 1.40. The van der Waals surface area contributed by atoms with Crippen molar-refractivity contribution in [3.05, 3.63) is 53.3 Å². The van der Waals surface area contributed by atoms with Crippen molar-refractivity contribution in [3.8, 4) is 5.75 Å². The van der Waals surface area contributed by atoms with Crippen LogP contribution in [0.25, 0.3) is 0 Å². The van der Waals surface area contributed by atoms with Gasteiger partial charge >= 0.3 is 6.61 Å². The molecule has 1 atom stereocenters. The monoisotopic (exact) mass is 425 g/mol. The quantitative estimate of drug-likeness (QED) is 0.678. The SMILES string of the molecule is CC1=NN(c2ccc(OC(F)F)cc2)C(=O)C1C(=O)N(C)c1cc(F)cc(Cl)c1. The topological polar surface area (TPSA) is 62.2 Å². The third-order valence-electron chi connectivity index (χ3n) is 4.25. The van der Waals surface area contributed by atoms with Crippen LogP contribution in [0.5, 0.6) is 5.75 Å². The molecule has 0 fully saturated rings. The normalized spacial score (nSPS) is 16.2. The van der Waals surface area contributed by atoms with Crippen LogP contribution in [0.4, 0.5) is 24.5 Å². The van der Waals surface area contributed by atoms with E-state index in [0.29, 0.717) is 0 Å². The van der Waals surface area contributed by atoms with Crippen LogP contribution in [-0.4, -0.2) is 31.2 Å². The lowest BCUT2D eigenvalue weighted by Crippen LogP contribution is -2.41. The third-order valence-corrected chi connectivity index (χ3v) is 4.47. The highest BCUT2D eigenvalue weighted by atomic mass is 35.5. The van der Waals surface area contributed by atoms with Gasteiger partial charge in [-0.15, -0.1) is 0 Å². The van der Waals surface area contributed by atoms with Crippen LogP contribution in [0, 0.1) is 11.7 Å². The van der Waals surface area contributed by atoms with Crippen LogP contribution >= 0.6 is 11.6 Å². The van der Waals surface area contributed by atoms with E-state index in [9.17, 15) is 22.8 Å². The number of hydrogen-bond acceptors (Lipinski definition) is 4. The Morgan fingerprint density at radius 1 is 1.24 bits per heavy atom. The maximum atomic E-state index is 13.6. The van der Waals surface area contributed by atoms with Gasteiger partial charge in [0.25, 0.3) is 5.91 Å². The van der Waals surface area contributed by atoms with Crippen LogP contribution < -0.4 is 14.6 Å².